The fraction of sp³-hybridized carbons (Fsp3) is 0.933. The lowest BCUT2D eigenvalue weighted by Gasteiger charge is -2.38. The van der Waals surface area contributed by atoms with Crippen molar-refractivity contribution in [2.24, 2.45) is 11.3 Å². The molecule has 1 aliphatic carbocycles. The van der Waals surface area contributed by atoms with Gasteiger partial charge in [-0.25, -0.2) is 0 Å². The molecular weight excluding hydrogens is 242 g/mol. The van der Waals surface area contributed by atoms with Gasteiger partial charge in [0.25, 0.3) is 0 Å². The highest BCUT2D eigenvalue weighted by Crippen LogP contribution is 2.40. The second-order valence-corrected chi connectivity index (χ2v) is 6.51. The number of carbonyl (C=O) groups is 1. The molecule has 4 nitrogen and oxygen atoms in total. The smallest absolute Gasteiger partial charge is 0.228 e. The molecule has 0 spiro atoms. The van der Waals surface area contributed by atoms with Crippen molar-refractivity contribution >= 4 is 5.91 Å². The lowest BCUT2D eigenvalue weighted by Crippen LogP contribution is -2.46. The van der Waals surface area contributed by atoms with Crippen LogP contribution in [-0.4, -0.2) is 43.4 Å². The van der Waals surface area contributed by atoms with Crippen LogP contribution in [-0.2, 0) is 14.3 Å². The summed E-state index contributed by atoms with van der Waals surface area (Å²) in [6.07, 6.45) is 6.59. The number of hydrogen-bond acceptors (Lipinski definition) is 3. The molecule has 108 valence electrons. The SMILES string of the molecule is CC1(C(=O)N2CCC(C3OCCO3)CC2)CCCC1. The molecule has 2 aliphatic heterocycles. The first-order valence-corrected chi connectivity index (χ1v) is 7.72. The van der Waals surface area contributed by atoms with E-state index in [2.05, 4.69) is 11.8 Å². The zero-order chi connectivity index (χ0) is 13.3. The van der Waals surface area contributed by atoms with E-state index >= 15 is 0 Å². The van der Waals surface area contributed by atoms with E-state index in [1.54, 1.807) is 0 Å². The summed E-state index contributed by atoms with van der Waals surface area (Å²) >= 11 is 0. The van der Waals surface area contributed by atoms with Crippen molar-refractivity contribution in [1.82, 2.24) is 4.90 Å². The third kappa shape index (κ3) is 2.65. The Bertz CT molecular complexity index is 324. The zero-order valence-corrected chi connectivity index (χ0v) is 11.9. The molecule has 1 saturated carbocycles. The van der Waals surface area contributed by atoms with Crippen LogP contribution in [0.25, 0.3) is 0 Å². The number of nitrogens with zero attached hydrogens (tertiary/aromatic N) is 1. The number of ether oxygens (including phenoxy) is 2. The molecule has 0 unspecified atom stereocenters. The second kappa shape index (κ2) is 5.41. The van der Waals surface area contributed by atoms with Gasteiger partial charge in [-0.3, -0.25) is 4.79 Å². The van der Waals surface area contributed by atoms with Gasteiger partial charge < -0.3 is 14.4 Å². The van der Waals surface area contributed by atoms with Gasteiger partial charge in [0, 0.05) is 24.4 Å². The minimum absolute atomic E-state index is 0.0145. The number of carbonyl (C=O) groups excluding carboxylic acids is 1. The van der Waals surface area contributed by atoms with Gasteiger partial charge in [-0.1, -0.05) is 19.8 Å². The van der Waals surface area contributed by atoms with Gasteiger partial charge in [0.15, 0.2) is 6.29 Å². The average molecular weight is 267 g/mol. The number of likely N-dealkylation sites (tertiary alicyclic amines) is 1. The van der Waals surface area contributed by atoms with Crippen molar-refractivity contribution in [1.29, 1.82) is 0 Å². The molecule has 0 atom stereocenters. The summed E-state index contributed by atoms with van der Waals surface area (Å²) in [5.41, 5.74) is -0.0762. The number of amides is 1. The van der Waals surface area contributed by atoms with Gasteiger partial charge in [-0.15, -0.1) is 0 Å². The van der Waals surface area contributed by atoms with Crippen molar-refractivity contribution in [3.8, 4) is 0 Å². The number of rotatable bonds is 2. The largest absolute Gasteiger partial charge is 0.350 e. The van der Waals surface area contributed by atoms with E-state index in [-0.39, 0.29) is 11.7 Å². The first kappa shape index (κ1) is 13.4. The molecule has 2 heterocycles. The molecular formula is C15H25NO3. The summed E-state index contributed by atoms with van der Waals surface area (Å²) in [5, 5.41) is 0. The van der Waals surface area contributed by atoms with Crippen LogP contribution in [0.5, 0.6) is 0 Å². The molecule has 0 bridgehead atoms. The van der Waals surface area contributed by atoms with Crippen molar-refractivity contribution in [3.63, 3.8) is 0 Å². The van der Waals surface area contributed by atoms with Crippen LogP contribution in [0.2, 0.25) is 0 Å². The van der Waals surface area contributed by atoms with Crippen LogP contribution in [0.3, 0.4) is 0 Å². The van der Waals surface area contributed by atoms with Gasteiger partial charge in [-0.05, 0) is 25.7 Å². The third-order valence-corrected chi connectivity index (χ3v) is 5.08. The van der Waals surface area contributed by atoms with E-state index in [0.29, 0.717) is 11.8 Å². The molecule has 2 saturated heterocycles. The van der Waals surface area contributed by atoms with E-state index < -0.39 is 0 Å². The van der Waals surface area contributed by atoms with Crippen LogP contribution in [0.1, 0.15) is 45.4 Å². The predicted octanol–water partition coefficient (Wildman–Crippen LogP) is 2.18. The van der Waals surface area contributed by atoms with E-state index in [4.69, 9.17) is 9.47 Å². The van der Waals surface area contributed by atoms with Gasteiger partial charge in [-0.2, -0.15) is 0 Å². The minimum Gasteiger partial charge on any atom is -0.350 e. The molecule has 4 heteroatoms. The summed E-state index contributed by atoms with van der Waals surface area (Å²) in [4.78, 5) is 14.7. The van der Waals surface area contributed by atoms with Crippen LogP contribution < -0.4 is 0 Å². The molecule has 0 aromatic rings. The molecule has 3 rings (SSSR count). The van der Waals surface area contributed by atoms with Crippen molar-refractivity contribution in [2.45, 2.75) is 51.7 Å². The number of hydrogen-bond donors (Lipinski definition) is 0. The molecule has 3 fully saturated rings. The molecule has 0 radical (unpaired) electrons. The van der Waals surface area contributed by atoms with E-state index in [0.717, 1.165) is 52.0 Å². The van der Waals surface area contributed by atoms with E-state index in [1.807, 2.05) is 0 Å². The molecule has 3 aliphatic rings. The normalized spacial score (nSPS) is 29.0. The fourth-order valence-corrected chi connectivity index (χ4v) is 3.77. The minimum atomic E-state index is -0.0762. The maximum Gasteiger partial charge on any atom is 0.228 e. The molecule has 1 amide bonds. The molecule has 0 aromatic carbocycles. The quantitative estimate of drug-likeness (QED) is 0.769. The average Bonchev–Trinajstić information content (AvgIpc) is 3.10. The second-order valence-electron chi connectivity index (χ2n) is 6.51. The number of piperidine rings is 1. The van der Waals surface area contributed by atoms with Gasteiger partial charge >= 0.3 is 0 Å². The standard InChI is InChI=1S/C15H25NO3/c1-15(6-2-3-7-15)14(17)16-8-4-12(5-9-16)13-18-10-11-19-13/h12-13H,2-11H2,1H3. The van der Waals surface area contributed by atoms with Crippen LogP contribution in [0.15, 0.2) is 0 Å². The Kier molecular flexibility index (Phi) is 3.81. The lowest BCUT2D eigenvalue weighted by molar-refractivity contribution is -0.146. The van der Waals surface area contributed by atoms with Crippen LogP contribution in [0, 0.1) is 11.3 Å². The molecule has 0 N–H and O–H groups in total. The Morgan fingerprint density at radius 3 is 2.26 bits per heavy atom. The van der Waals surface area contributed by atoms with Gasteiger partial charge in [0.2, 0.25) is 5.91 Å². The topological polar surface area (TPSA) is 38.8 Å². The lowest BCUT2D eigenvalue weighted by atomic mass is 9.85. The van der Waals surface area contributed by atoms with Gasteiger partial charge in [0.1, 0.15) is 0 Å². The highest BCUT2D eigenvalue weighted by Gasteiger charge is 2.41. The molecule has 19 heavy (non-hydrogen) atoms. The van der Waals surface area contributed by atoms with Crippen molar-refractivity contribution in [2.75, 3.05) is 26.3 Å². The monoisotopic (exact) mass is 267 g/mol. The van der Waals surface area contributed by atoms with Crippen LogP contribution >= 0.6 is 0 Å². The third-order valence-electron chi connectivity index (χ3n) is 5.08. The van der Waals surface area contributed by atoms with E-state index in [9.17, 15) is 4.79 Å². The highest BCUT2D eigenvalue weighted by molar-refractivity contribution is 5.82. The Morgan fingerprint density at radius 2 is 1.68 bits per heavy atom. The summed E-state index contributed by atoms with van der Waals surface area (Å²) in [6, 6.07) is 0. The van der Waals surface area contributed by atoms with Crippen LogP contribution in [0.4, 0.5) is 0 Å². The van der Waals surface area contributed by atoms with Crippen molar-refractivity contribution < 1.29 is 14.3 Å². The summed E-state index contributed by atoms with van der Waals surface area (Å²) in [5.74, 6) is 0.861. The van der Waals surface area contributed by atoms with E-state index in [1.165, 1.54) is 12.8 Å². The fourth-order valence-electron chi connectivity index (χ4n) is 3.77. The Labute approximate surface area is 115 Å². The first-order valence-electron chi connectivity index (χ1n) is 7.72. The summed E-state index contributed by atoms with van der Waals surface area (Å²) in [7, 11) is 0. The highest BCUT2D eigenvalue weighted by atomic mass is 16.7. The van der Waals surface area contributed by atoms with Gasteiger partial charge in [0.05, 0.1) is 13.2 Å². The predicted molar refractivity (Wildman–Crippen MR) is 71.6 cm³/mol. The maximum atomic E-state index is 12.6. The Morgan fingerprint density at radius 1 is 1.11 bits per heavy atom. The maximum absolute atomic E-state index is 12.6. The van der Waals surface area contributed by atoms with Crippen molar-refractivity contribution in [3.05, 3.63) is 0 Å². The summed E-state index contributed by atoms with van der Waals surface area (Å²) < 4.78 is 11.2. The first-order chi connectivity index (χ1) is 9.19. The summed E-state index contributed by atoms with van der Waals surface area (Å²) in [6.45, 7) is 5.35. The Hall–Kier alpha value is -0.610. The zero-order valence-electron chi connectivity index (χ0n) is 11.9. The Balaban J connectivity index is 1.53. The molecule has 0 aromatic heterocycles.